The van der Waals surface area contributed by atoms with Gasteiger partial charge in [0.25, 0.3) is 0 Å². The molecule has 7 heteroatoms. The maximum absolute atomic E-state index is 12.0. The molecule has 1 aromatic heterocycles. The van der Waals surface area contributed by atoms with E-state index in [9.17, 15) is 10.0 Å². The molecule has 0 aliphatic rings. The molecule has 1 aromatic carbocycles. The van der Waals surface area contributed by atoms with Gasteiger partial charge in [-0.05, 0) is 24.6 Å². The van der Waals surface area contributed by atoms with Crippen molar-refractivity contribution in [3.05, 3.63) is 58.3 Å². The van der Waals surface area contributed by atoms with Crippen LogP contribution in [-0.4, -0.2) is 11.1 Å². The van der Waals surface area contributed by atoms with Gasteiger partial charge < -0.3 is 12.4 Å². The molecule has 0 saturated heterocycles. The summed E-state index contributed by atoms with van der Waals surface area (Å²) in [6.45, 7) is 1.78. The highest BCUT2D eigenvalue weighted by Crippen LogP contribution is 2.29. The van der Waals surface area contributed by atoms with E-state index in [0.29, 0.717) is 20.7 Å². The maximum Gasteiger partial charge on any atom is 0.316 e. The number of pyridine rings is 1. The summed E-state index contributed by atoms with van der Waals surface area (Å²) in [6, 6.07) is 8.44. The Morgan fingerprint density at radius 2 is 1.71 bits per heavy atom. The molecule has 1 amide bonds. The molecule has 2 rings (SSSR count). The molecule has 112 valence electrons. The minimum Gasteiger partial charge on any atom is -1.00 e. The topological polar surface area (TPSA) is 44.4 Å². The molecule has 1 N–H and O–H groups in total. The SMILES string of the molecule is Cc1c(Cl)cc(N(O)C(=O)C[n+]2ccccc2)cc1Cl.[Cl-]. The Morgan fingerprint density at radius 1 is 1.19 bits per heavy atom. The Labute approximate surface area is 138 Å². The molecule has 0 saturated carbocycles. The molecular formula is C14H13Cl3N2O2. The fourth-order valence-electron chi connectivity index (χ4n) is 1.66. The average Bonchev–Trinajstić information content (AvgIpc) is 2.44. The number of halogens is 3. The van der Waals surface area contributed by atoms with Crippen LogP contribution in [0, 0.1) is 6.92 Å². The number of anilines is 1. The first kappa shape index (κ1) is 17.7. The van der Waals surface area contributed by atoms with Crippen molar-refractivity contribution >= 4 is 34.8 Å². The van der Waals surface area contributed by atoms with Crippen LogP contribution in [0.3, 0.4) is 0 Å². The van der Waals surface area contributed by atoms with Crippen molar-refractivity contribution in [3.8, 4) is 0 Å². The molecule has 0 unspecified atom stereocenters. The highest BCUT2D eigenvalue weighted by molar-refractivity contribution is 6.36. The lowest BCUT2D eigenvalue weighted by molar-refractivity contribution is -0.684. The molecule has 4 nitrogen and oxygen atoms in total. The molecule has 0 radical (unpaired) electrons. The quantitative estimate of drug-likeness (QED) is 0.483. The van der Waals surface area contributed by atoms with Gasteiger partial charge >= 0.3 is 5.91 Å². The first-order valence-corrected chi connectivity index (χ1v) is 6.66. The minimum atomic E-state index is -0.489. The molecule has 0 spiro atoms. The van der Waals surface area contributed by atoms with Crippen LogP contribution in [0.15, 0.2) is 42.7 Å². The smallest absolute Gasteiger partial charge is 0.316 e. The number of hydrogen-bond donors (Lipinski definition) is 1. The molecular weight excluding hydrogens is 335 g/mol. The standard InChI is InChI=1S/C14H13Cl2N2O2.ClH/c1-10-12(15)7-11(8-13(10)16)18(20)14(19)9-17-5-3-2-4-6-17;/h2-8,20H,9H2,1H3;1H/q+1;/p-1. The Morgan fingerprint density at radius 3 is 2.24 bits per heavy atom. The third-order valence-corrected chi connectivity index (χ3v) is 3.63. The van der Waals surface area contributed by atoms with Crippen LogP contribution in [0.4, 0.5) is 5.69 Å². The molecule has 2 aromatic rings. The van der Waals surface area contributed by atoms with Gasteiger partial charge in [0.05, 0.1) is 5.69 Å². The third-order valence-electron chi connectivity index (χ3n) is 2.84. The number of rotatable bonds is 3. The van der Waals surface area contributed by atoms with Crippen molar-refractivity contribution in [2.45, 2.75) is 13.5 Å². The van der Waals surface area contributed by atoms with E-state index in [-0.39, 0.29) is 24.6 Å². The van der Waals surface area contributed by atoms with Gasteiger partial charge in [0, 0.05) is 22.2 Å². The van der Waals surface area contributed by atoms with E-state index in [0.717, 1.165) is 0 Å². The summed E-state index contributed by atoms with van der Waals surface area (Å²) in [5.74, 6) is -0.489. The van der Waals surface area contributed by atoms with Crippen LogP contribution in [0.5, 0.6) is 0 Å². The molecule has 0 atom stereocenters. The highest BCUT2D eigenvalue weighted by Gasteiger charge is 2.19. The van der Waals surface area contributed by atoms with Gasteiger partial charge in [-0.25, -0.2) is 0 Å². The van der Waals surface area contributed by atoms with Crippen LogP contribution >= 0.6 is 23.2 Å². The average molecular weight is 348 g/mol. The molecule has 0 aliphatic heterocycles. The predicted octanol–water partition coefficient (Wildman–Crippen LogP) is 0.0157. The first-order chi connectivity index (χ1) is 9.49. The van der Waals surface area contributed by atoms with Crippen LogP contribution in [-0.2, 0) is 11.3 Å². The van der Waals surface area contributed by atoms with E-state index < -0.39 is 5.91 Å². The Bertz CT molecular complexity index is 612. The van der Waals surface area contributed by atoms with Gasteiger partial charge in [-0.1, -0.05) is 29.3 Å². The van der Waals surface area contributed by atoms with Crippen molar-refractivity contribution < 1.29 is 27.0 Å². The summed E-state index contributed by atoms with van der Waals surface area (Å²) in [7, 11) is 0. The number of nitrogens with zero attached hydrogens (tertiary/aromatic N) is 2. The monoisotopic (exact) mass is 346 g/mol. The second-order valence-electron chi connectivity index (χ2n) is 4.29. The number of benzene rings is 1. The number of carbonyl (C=O) groups excluding carboxylic acids is 1. The van der Waals surface area contributed by atoms with Gasteiger partial charge in [0.2, 0.25) is 6.54 Å². The fraction of sp³-hybridized carbons (Fsp3) is 0.143. The van der Waals surface area contributed by atoms with Crippen molar-refractivity contribution in [2.75, 3.05) is 5.06 Å². The second kappa shape index (κ2) is 7.61. The lowest BCUT2D eigenvalue weighted by atomic mass is 10.2. The van der Waals surface area contributed by atoms with Crippen LogP contribution in [0.1, 0.15) is 5.56 Å². The number of hydroxylamine groups is 1. The summed E-state index contributed by atoms with van der Waals surface area (Å²) in [6.07, 6.45) is 3.47. The van der Waals surface area contributed by atoms with Crippen molar-refractivity contribution in [1.82, 2.24) is 0 Å². The zero-order chi connectivity index (χ0) is 14.7. The van der Waals surface area contributed by atoms with Crippen LogP contribution in [0.2, 0.25) is 10.0 Å². The first-order valence-electron chi connectivity index (χ1n) is 5.90. The van der Waals surface area contributed by atoms with Crippen molar-refractivity contribution in [2.24, 2.45) is 0 Å². The van der Waals surface area contributed by atoms with E-state index in [1.807, 2.05) is 6.07 Å². The van der Waals surface area contributed by atoms with E-state index >= 15 is 0 Å². The molecule has 0 aliphatic carbocycles. The van der Waals surface area contributed by atoms with Crippen LogP contribution < -0.4 is 22.0 Å². The maximum atomic E-state index is 12.0. The lowest BCUT2D eigenvalue weighted by Crippen LogP contribution is -3.00. The van der Waals surface area contributed by atoms with Crippen LogP contribution in [0.25, 0.3) is 0 Å². The lowest BCUT2D eigenvalue weighted by Gasteiger charge is -2.15. The summed E-state index contributed by atoms with van der Waals surface area (Å²) < 4.78 is 1.66. The van der Waals surface area contributed by atoms with Gasteiger partial charge in [-0.15, -0.1) is 0 Å². The normalized spacial score (nSPS) is 9.90. The summed E-state index contributed by atoms with van der Waals surface area (Å²) in [5.41, 5.74) is 0.947. The van der Waals surface area contributed by atoms with Gasteiger partial charge in [0.15, 0.2) is 12.4 Å². The Hall–Kier alpha value is -1.33. The zero-order valence-electron chi connectivity index (χ0n) is 11.1. The van der Waals surface area contributed by atoms with E-state index in [1.165, 1.54) is 12.1 Å². The van der Waals surface area contributed by atoms with Crippen molar-refractivity contribution in [3.63, 3.8) is 0 Å². The minimum absolute atomic E-state index is 0. The van der Waals surface area contributed by atoms with E-state index in [2.05, 4.69) is 0 Å². The second-order valence-corrected chi connectivity index (χ2v) is 5.10. The molecule has 1 heterocycles. The number of amides is 1. The van der Waals surface area contributed by atoms with Gasteiger partial charge in [-0.2, -0.15) is 9.63 Å². The van der Waals surface area contributed by atoms with Gasteiger partial charge in [0.1, 0.15) is 0 Å². The summed E-state index contributed by atoms with van der Waals surface area (Å²) >= 11 is 12.0. The Kier molecular flexibility index (Phi) is 6.42. The number of aromatic nitrogens is 1. The van der Waals surface area contributed by atoms with Crippen molar-refractivity contribution in [1.29, 1.82) is 0 Å². The predicted molar refractivity (Wildman–Crippen MR) is 77.1 cm³/mol. The van der Waals surface area contributed by atoms with Gasteiger partial charge in [-0.3, -0.25) is 10.0 Å². The highest BCUT2D eigenvalue weighted by atomic mass is 35.5. The Balaban J connectivity index is 0.00000220. The molecule has 0 bridgehead atoms. The fourth-order valence-corrected chi connectivity index (χ4v) is 2.14. The third kappa shape index (κ3) is 4.32. The zero-order valence-corrected chi connectivity index (χ0v) is 13.4. The summed E-state index contributed by atoms with van der Waals surface area (Å²) in [4.78, 5) is 12.0. The number of carbonyl (C=O) groups is 1. The van der Waals surface area contributed by atoms with E-state index in [1.54, 1.807) is 36.0 Å². The largest absolute Gasteiger partial charge is 1.00 e. The number of hydrogen-bond acceptors (Lipinski definition) is 2. The summed E-state index contributed by atoms with van der Waals surface area (Å²) in [5, 5.41) is 11.3. The molecule has 0 fully saturated rings. The molecule has 21 heavy (non-hydrogen) atoms. The van der Waals surface area contributed by atoms with E-state index in [4.69, 9.17) is 23.2 Å².